The van der Waals surface area contributed by atoms with E-state index < -0.39 is 0 Å². The molecular formula is C76H46N6O2. The molecule has 8 heteroatoms. The Morgan fingerprint density at radius 2 is 0.524 bits per heavy atom. The first kappa shape index (κ1) is 46.3. The molecule has 11 aromatic carbocycles. The van der Waals surface area contributed by atoms with Gasteiger partial charge in [-0.2, -0.15) is 0 Å². The summed E-state index contributed by atoms with van der Waals surface area (Å²) in [5.74, 6) is 0. The molecule has 8 nitrogen and oxygen atoms in total. The summed E-state index contributed by atoms with van der Waals surface area (Å²) in [5, 5.41) is 14.0. The van der Waals surface area contributed by atoms with Crippen molar-refractivity contribution in [2.75, 3.05) is 0 Å². The van der Waals surface area contributed by atoms with Gasteiger partial charge in [-0.05, 0) is 114 Å². The fourth-order valence-electron chi connectivity index (χ4n) is 13.5. The molecule has 392 valence electrons. The maximum absolute atomic E-state index is 6.22. The molecule has 0 atom stereocenters. The molecule has 0 aliphatic heterocycles. The lowest BCUT2D eigenvalue weighted by atomic mass is 10.0. The van der Waals surface area contributed by atoms with Gasteiger partial charge < -0.3 is 27.1 Å². The Morgan fingerprint density at radius 3 is 0.952 bits per heavy atom. The van der Waals surface area contributed by atoms with Gasteiger partial charge in [-0.15, -0.1) is 0 Å². The van der Waals surface area contributed by atoms with E-state index in [1.54, 1.807) is 0 Å². The molecule has 0 fully saturated rings. The lowest BCUT2D eigenvalue weighted by molar-refractivity contribution is 0.653. The van der Waals surface area contributed by atoms with Crippen LogP contribution in [0.3, 0.4) is 0 Å². The zero-order valence-electron chi connectivity index (χ0n) is 45.1. The van der Waals surface area contributed by atoms with Crippen LogP contribution in [0.4, 0.5) is 0 Å². The molecule has 0 aliphatic rings. The SMILES string of the molecule is c1ccc(-c2ccc3oc4ncc(-n5c6ccccc6c6cc(-n7c8ccccc8c8ccccc87)ccc65)cc4c3c2)cc1.c1ccc2c(c1)c1ccccc1n2-c1ccc2oc3ncc(-n4c5ccccc5c5ccccc54)cc3c2c1. The van der Waals surface area contributed by atoms with E-state index >= 15 is 0 Å². The third-order valence-corrected chi connectivity index (χ3v) is 17.1. The van der Waals surface area contributed by atoms with E-state index in [-0.39, 0.29) is 0 Å². The Balaban J connectivity index is 0.000000129. The third-order valence-electron chi connectivity index (χ3n) is 17.1. The fourth-order valence-corrected chi connectivity index (χ4v) is 13.5. The van der Waals surface area contributed by atoms with Gasteiger partial charge in [0.15, 0.2) is 0 Å². The summed E-state index contributed by atoms with van der Waals surface area (Å²) in [7, 11) is 0. The Kier molecular flexibility index (Phi) is 9.93. The van der Waals surface area contributed by atoms with E-state index in [0.29, 0.717) is 11.4 Å². The average Bonchev–Trinajstić information content (AvgIpc) is 2.72. The molecule has 0 N–H and O–H groups in total. The smallest absolute Gasteiger partial charge is 0.227 e. The van der Waals surface area contributed by atoms with Gasteiger partial charge in [-0.25, -0.2) is 9.97 Å². The zero-order valence-corrected chi connectivity index (χ0v) is 45.1. The molecule has 0 bridgehead atoms. The highest BCUT2D eigenvalue weighted by Crippen LogP contribution is 2.41. The topological polar surface area (TPSA) is 71.8 Å². The summed E-state index contributed by atoms with van der Waals surface area (Å²) < 4.78 is 21.8. The van der Waals surface area contributed by atoms with Crippen molar-refractivity contribution in [2.24, 2.45) is 0 Å². The quantitative estimate of drug-likeness (QED) is 0.172. The Morgan fingerprint density at radius 1 is 0.214 bits per heavy atom. The van der Waals surface area contributed by atoms with Crippen molar-refractivity contribution in [1.29, 1.82) is 0 Å². The minimum absolute atomic E-state index is 0.647. The summed E-state index contributed by atoms with van der Waals surface area (Å²) in [6.07, 6.45) is 3.84. The van der Waals surface area contributed by atoms with Gasteiger partial charge in [0.2, 0.25) is 11.4 Å². The summed E-state index contributed by atoms with van der Waals surface area (Å²) in [6.45, 7) is 0. The van der Waals surface area contributed by atoms with E-state index in [1.165, 1.54) is 81.8 Å². The number of pyridine rings is 2. The first-order valence-corrected chi connectivity index (χ1v) is 28.4. The van der Waals surface area contributed by atoms with E-state index in [2.05, 4.69) is 279 Å². The monoisotopic (exact) mass is 1070 g/mol. The minimum Gasteiger partial charge on any atom is -0.438 e. The Bertz CT molecular complexity index is 5560. The molecule has 8 heterocycles. The van der Waals surface area contributed by atoms with Crippen molar-refractivity contribution in [2.45, 2.75) is 0 Å². The van der Waals surface area contributed by atoms with Gasteiger partial charge in [0, 0.05) is 65.2 Å². The van der Waals surface area contributed by atoms with Gasteiger partial charge >= 0.3 is 0 Å². The number of rotatable bonds is 5. The van der Waals surface area contributed by atoms with Crippen molar-refractivity contribution in [3.63, 3.8) is 0 Å². The maximum Gasteiger partial charge on any atom is 0.227 e. The largest absolute Gasteiger partial charge is 0.438 e. The molecule has 0 spiro atoms. The molecular weight excluding hydrogens is 1030 g/mol. The molecule has 19 aromatic rings. The zero-order chi connectivity index (χ0) is 55.0. The molecule has 0 saturated carbocycles. The molecule has 0 amide bonds. The van der Waals surface area contributed by atoms with E-state index in [9.17, 15) is 0 Å². The van der Waals surface area contributed by atoms with E-state index in [0.717, 1.165) is 72.1 Å². The second-order valence-corrected chi connectivity index (χ2v) is 21.7. The lowest BCUT2D eigenvalue weighted by Gasteiger charge is -2.10. The Labute approximate surface area is 479 Å². The van der Waals surface area contributed by atoms with Crippen molar-refractivity contribution < 1.29 is 8.83 Å². The number of furan rings is 2. The molecule has 0 unspecified atom stereocenters. The van der Waals surface area contributed by atoms with Crippen LogP contribution in [0.5, 0.6) is 0 Å². The average molecular weight is 1080 g/mol. The van der Waals surface area contributed by atoms with Gasteiger partial charge in [0.05, 0.1) is 78.7 Å². The molecule has 0 saturated heterocycles. The second-order valence-electron chi connectivity index (χ2n) is 21.7. The summed E-state index contributed by atoms with van der Waals surface area (Å²) in [4.78, 5) is 9.61. The fraction of sp³-hybridized carbons (Fsp3) is 0. The van der Waals surface area contributed by atoms with Crippen LogP contribution in [-0.2, 0) is 0 Å². The molecule has 8 aromatic heterocycles. The molecule has 19 rings (SSSR count). The van der Waals surface area contributed by atoms with Crippen LogP contribution >= 0.6 is 0 Å². The minimum atomic E-state index is 0.647. The summed E-state index contributed by atoms with van der Waals surface area (Å²) in [5.41, 5.74) is 19.0. The van der Waals surface area contributed by atoms with Crippen LogP contribution in [0, 0.1) is 0 Å². The normalized spacial score (nSPS) is 12.0. The third kappa shape index (κ3) is 6.88. The van der Waals surface area contributed by atoms with Gasteiger partial charge in [-0.3, -0.25) is 0 Å². The number of fused-ring (bicyclic) bond motifs is 18. The van der Waals surface area contributed by atoms with Gasteiger partial charge in [-0.1, -0.05) is 164 Å². The van der Waals surface area contributed by atoms with Crippen molar-refractivity contribution in [1.82, 2.24) is 28.2 Å². The van der Waals surface area contributed by atoms with E-state index in [4.69, 9.17) is 18.8 Å². The van der Waals surface area contributed by atoms with Gasteiger partial charge in [0.25, 0.3) is 0 Å². The number of para-hydroxylation sites is 7. The van der Waals surface area contributed by atoms with Gasteiger partial charge in [0.1, 0.15) is 11.2 Å². The maximum atomic E-state index is 6.22. The number of aromatic nitrogens is 6. The first-order chi connectivity index (χ1) is 41.7. The standard InChI is InChI=1S/C41H25N3O.C35H21N3O/c1-2-10-26(11-3-1)27-18-21-40-34(22-27)35-24-29(25-42-41(35)45-40)44-38-17-9-6-14-32(38)33-23-28(19-20-39(33)44)43-36-15-7-4-12-30(36)31-13-5-8-16-37(31)43;1-5-13-30-24(9-1)25-10-2-6-14-31(25)37(30)22-17-18-34-28(19-22)29-20-23(21-36-35(29)39-34)38-32-15-7-3-11-26(32)27-12-4-8-16-33(27)38/h1-25H;1-21H. The summed E-state index contributed by atoms with van der Waals surface area (Å²) >= 11 is 0. The van der Waals surface area contributed by atoms with Crippen LogP contribution in [-0.4, -0.2) is 28.2 Å². The number of benzene rings is 11. The lowest BCUT2D eigenvalue weighted by Crippen LogP contribution is -1.96. The predicted octanol–water partition coefficient (Wildman–Crippen LogP) is 20.0. The van der Waals surface area contributed by atoms with Crippen LogP contribution in [0.15, 0.2) is 288 Å². The summed E-state index contributed by atoms with van der Waals surface area (Å²) in [6, 6.07) is 94.8. The molecule has 84 heavy (non-hydrogen) atoms. The predicted molar refractivity (Wildman–Crippen MR) is 346 cm³/mol. The van der Waals surface area contributed by atoms with Crippen LogP contribution < -0.4 is 0 Å². The number of nitrogens with zero attached hydrogens (tertiary/aromatic N) is 6. The van der Waals surface area contributed by atoms with Crippen LogP contribution in [0.2, 0.25) is 0 Å². The first-order valence-electron chi connectivity index (χ1n) is 28.4. The van der Waals surface area contributed by atoms with E-state index in [1.807, 2.05) is 18.5 Å². The number of hydrogen-bond acceptors (Lipinski definition) is 4. The van der Waals surface area contributed by atoms with Crippen LogP contribution in [0.25, 0.3) is 165 Å². The highest BCUT2D eigenvalue weighted by Gasteiger charge is 2.21. The number of hydrogen-bond donors (Lipinski definition) is 0. The van der Waals surface area contributed by atoms with Crippen molar-refractivity contribution in [3.8, 4) is 33.9 Å². The van der Waals surface area contributed by atoms with Crippen molar-refractivity contribution in [3.05, 3.63) is 279 Å². The highest BCUT2D eigenvalue weighted by molar-refractivity contribution is 6.15. The molecule has 0 radical (unpaired) electrons. The second kappa shape index (κ2) is 18.0. The Hall–Kier alpha value is -11.5. The molecule has 0 aliphatic carbocycles. The highest BCUT2D eigenvalue weighted by atomic mass is 16.3. The van der Waals surface area contributed by atoms with Crippen molar-refractivity contribution >= 4 is 131 Å². The van der Waals surface area contributed by atoms with Crippen LogP contribution in [0.1, 0.15) is 0 Å².